The molecule has 6 nitrogen and oxygen atoms in total. The Morgan fingerprint density at radius 2 is 2.11 bits per heavy atom. The minimum absolute atomic E-state index is 0.0508. The summed E-state index contributed by atoms with van der Waals surface area (Å²) < 4.78 is 1.75. The number of benzene rings is 1. The van der Waals surface area contributed by atoms with Crippen LogP contribution in [0.3, 0.4) is 0 Å². The highest BCUT2D eigenvalue weighted by atomic mass is 32.1. The molecular formula is C12H15N5OS. The molecule has 0 saturated heterocycles. The third-order valence-electron chi connectivity index (χ3n) is 2.59. The molecule has 0 spiro atoms. The van der Waals surface area contributed by atoms with Crippen molar-refractivity contribution < 1.29 is 5.11 Å². The molecule has 2 rings (SSSR count). The number of para-hydroxylation sites is 1. The highest BCUT2D eigenvalue weighted by Crippen LogP contribution is 2.38. The number of aromatic nitrogens is 1. The molecule has 0 aliphatic heterocycles. The molecule has 0 aliphatic rings. The number of hydrogen-bond donors (Lipinski definition) is 2. The van der Waals surface area contributed by atoms with Crippen LogP contribution >= 0.6 is 12.2 Å². The Hall–Kier alpha value is -1.99. The zero-order valence-electron chi connectivity index (χ0n) is 10.7. The average Bonchev–Trinajstić information content (AvgIpc) is 2.60. The molecule has 0 unspecified atom stereocenters. The smallest absolute Gasteiger partial charge is 0.221 e. The largest absolute Gasteiger partial charge is 0.493 e. The number of fused-ring (bicyclic) bond motifs is 1. The van der Waals surface area contributed by atoms with Crippen LogP contribution < -0.4 is 5.73 Å². The molecule has 0 atom stereocenters. The summed E-state index contributed by atoms with van der Waals surface area (Å²) in [5.74, 6) is 0.0508. The molecule has 3 N–H and O–H groups in total. The molecule has 2 aromatic rings. The van der Waals surface area contributed by atoms with E-state index in [4.69, 9.17) is 5.73 Å². The SMILES string of the molecule is CN(C)Cn1c(O)c(N=NC(N)=S)c2ccccc21. The van der Waals surface area contributed by atoms with Crippen LogP contribution in [0.2, 0.25) is 0 Å². The first-order valence-corrected chi connectivity index (χ1v) is 6.07. The van der Waals surface area contributed by atoms with Gasteiger partial charge < -0.3 is 10.8 Å². The fourth-order valence-electron chi connectivity index (χ4n) is 1.90. The summed E-state index contributed by atoms with van der Waals surface area (Å²) in [6.07, 6.45) is 0. The first kappa shape index (κ1) is 13.4. The zero-order chi connectivity index (χ0) is 14.0. The van der Waals surface area contributed by atoms with E-state index in [1.54, 1.807) is 4.57 Å². The van der Waals surface area contributed by atoms with E-state index in [0.717, 1.165) is 10.9 Å². The lowest BCUT2D eigenvalue weighted by atomic mass is 10.2. The molecule has 1 heterocycles. The van der Waals surface area contributed by atoms with Gasteiger partial charge in [0.15, 0.2) is 5.69 Å². The van der Waals surface area contributed by atoms with Crippen molar-refractivity contribution in [3.8, 4) is 5.88 Å². The van der Waals surface area contributed by atoms with Crippen molar-refractivity contribution >= 4 is 33.9 Å². The van der Waals surface area contributed by atoms with Crippen LogP contribution in [-0.2, 0) is 6.67 Å². The maximum absolute atomic E-state index is 10.3. The van der Waals surface area contributed by atoms with Gasteiger partial charge in [-0.25, -0.2) is 0 Å². The van der Waals surface area contributed by atoms with Crippen LogP contribution in [0, 0.1) is 0 Å². The number of azo groups is 1. The molecule has 19 heavy (non-hydrogen) atoms. The minimum atomic E-state index is -0.0659. The maximum atomic E-state index is 10.3. The molecular weight excluding hydrogens is 262 g/mol. The van der Waals surface area contributed by atoms with E-state index in [9.17, 15) is 5.11 Å². The maximum Gasteiger partial charge on any atom is 0.221 e. The van der Waals surface area contributed by atoms with Crippen LogP contribution in [0.5, 0.6) is 5.88 Å². The minimum Gasteiger partial charge on any atom is -0.493 e. The number of thiocarbonyl (C=S) groups is 1. The van der Waals surface area contributed by atoms with Gasteiger partial charge in [0.05, 0.1) is 12.2 Å². The third kappa shape index (κ3) is 2.72. The lowest BCUT2D eigenvalue weighted by Gasteiger charge is -2.12. The lowest BCUT2D eigenvalue weighted by Crippen LogP contribution is -2.16. The fourth-order valence-corrected chi connectivity index (χ4v) is 1.94. The van der Waals surface area contributed by atoms with E-state index in [0.29, 0.717) is 12.4 Å². The summed E-state index contributed by atoms with van der Waals surface area (Å²) in [5, 5.41) is 18.6. The first-order chi connectivity index (χ1) is 9.00. The predicted molar refractivity (Wildman–Crippen MR) is 78.6 cm³/mol. The Morgan fingerprint density at radius 1 is 1.42 bits per heavy atom. The summed E-state index contributed by atoms with van der Waals surface area (Å²) in [6, 6.07) is 7.57. The quantitative estimate of drug-likeness (QED) is 0.666. The third-order valence-corrected chi connectivity index (χ3v) is 2.67. The average molecular weight is 277 g/mol. The molecule has 0 saturated carbocycles. The van der Waals surface area contributed by atoms with Crippen molar-refractivity contribution in [3.05, 3.63) is 24.3 Å². The standard InChI is InChI=1S/C12H15N5OS/c1-16(2)7-17-9-6-4-3-5-8(9)10(11(17)18)14-15-12(13)19/h3-6,18H,7H2,1-2H3,(H2,13,19). The van der Waals surface area contributed by atoms with Gasteiger partial charge in [0.25, 0.3) is 0 Å². The number of nitrogens with two attached hydrogens (primary N) is 1. The molecule has 7 heteroatoms. The zero-order valence-corrected chi connectivity index (χ0v) is 11.6. The summed E-state index contributed by atoms with van der Waals surface area (Å²) in [4.78, 5) is 1.95. The summed E-state index contributed by atoms with van der Waals surface area (Å²) in [6.45, 7) is 0.537. The van der Waals surface area contributed by atoms with Crippen molar-refractivity contribution in [2.45, 2.75) is 6.67 Å². The number of aromatic hydroxyl groups is 1. The second kappa shape index (κ2) is 5.33. The van der Waals surface area contributed by atoms with E-state index in [-0.39, 0.29) is 11.0 Å². The van der Waals surface area contributed by atoms with Crippen LogP contribution in [0.25, 0.3) is 10.9 Å². The van der Waals surface area contributed by atoms with Gasteiger partial charge >= 0.3 is 0 Å². The normalized spacial score (nSPS) is 11.7. The van der Waals surface area contributed by atoms with Crippen LogP contribution in [0.15, 0.2) is 34.5 Å². The van der Waals surface area contributed by atoms with Crippen LogP contribution in [-0.4, -0.2) is 33.8 Å². The molecule has 0 radical (unpaired) electrons. The van der Waals surface area contributed by atoms with E-state index in [2.05, 4.69) is 22.4 Å². The van der Waals surface area contributed by atoms with Crippen molar-refractivity contribution in [2.75, 3.05) is 14.1 Å². The van der Waals surface area contributed by atoms with E-state index in [1.807, 2.05) is 43.3 Å². The van der Waals surface area contributed by atoms with E-state index >= 15 is 0 Å². The Bertz CT molecular complexity index is 647. The van der Waals surface area contributed by atoms with Crippen LogP contribution in [0.4, 0.5) is 5.69 Å². The van der Waals surface area contributed by atoms with Crippen molar-refractivity contribution in [1.82, 2.24) is 9.47 Å². The lowest BCUT2D eigenvalue weighted by molar-refractivity contribution is 0.304. The van der Waals surface area contributed by atoms with Gasteiger partial charge in [0.2, 0.25) is 11.0 Å². The summed E-state index contributed by atoms with van der Waals surface area (Å²) in [7, 11) is 3.84. The summed E-state index contributed by atoms with van der Waals surface area (Å²) in [5.41, 5.74) is 6.56. The number of hydrogen-bond acceptors (Lipinski definition) is 4. The van der Waals surface area contributed by atoms with Crippen LogP contribution in [0.1, 0.15) is 0 Å². The van der Waals surface area contributed by atoms with E-state index < -0.39 is 0 Å². The molecule has 0 aliphatic carbocycles. The van der Waals surface area contributed by atoms with Gasteiger partial charge in [0, 0.05) is 5.39 Å². The van der Waals surface area contributed by atoms with E-state index in [1.165, 1.54) is 0 Å². The molecule has 0 bridgehead atoms. The van der Waals surface area contributed by atoms with Crippen molar-refractivity contribution in [2.24, 2.45) is 16.0 Å². The summed E-state index contributed by atoms with van der Waals surface area (Å²) >= 11 is 4.66. The fraction of sp³-hybridized carbons (Fsp3) is 0.250. The van der Waals surface area contributed by atoms with Gasteiger partial charge in [-0.15, -0.1) is 10.2 Å². The van der Waals surface area contributed by atoms with Crippen molar-refractivity contribution in [3.63, 3.8) is 0 Å². The topological polar surface area (TPSA) is 79.1 Å². The Balaban J connectivity index is 2.63. The first-order valence-electron chi connectivity index (χ1n) is 5.67. The molecule has 1 aromatic heterocycles. The van der Waals surface area contributed by atoms with Crippen molar-refractivity contribution in [1.29, 1.82) is 0 Å². The van der Waals surface area contributed by atoms with Gasteiger partial charge in [-0.3, -0.25) is 9.47 Å². The molecule has 0 fully saturated rings. The predicted octanol–water partition coefficient (Wildman–Crippen LogP) is 2.19. The monoisotopic (exact) mass is 277 g/mol. The molecule has 0 amide bonds. The Labute approximate surface area is 116 Å². The van der Waals surface area contributed by atoms with Gasteiger partial charge in [-0.1, -0.05) is 18.2 Å². The number of nitrogens with zero attached hydrogens (tertiary/aromatic N) is 4. The van der Waals surface area contributed by atoms with Gasteiger partial charge in [-0.05, 0) is 32.4 Å². The highest BCUT2D eigenvalue weighted by Gasteiger charge is 2.16. The second-order valence-electron chi connectivity index (χ2n) is 4.38. The Morgan fingerprint density at radius 3 is 2.74 bits per heavy atom. The molecule has 1 aromatic carbocycles. The highest BCUT2D eigenvalue weighted by molar-refractivity contribution is 7.80. The molecule has 100 valence electrons. The Kier molecular flexibility index (Phi) is 3.77. The van der Waals surface area contributed by atoms with Gasteiger partial charge in [0.1, 0.15) is 0 Å². The second-order valence-corrected chi connectivity index (χ2v) is 4.79. The van der Waals surface area contributed by atoms with Gasteiger partial charge in [-0.2, -0.15) is 0 Å². The number of rotatable bonds is 3.